The lowest BCUT2D eigenvalue weighted by molar-refractivity contribution is -0.272. The summed E-state index contributed by atoms with van der Waals surface area (Å²) in [7, 11) is 1.36. The van der Waals surface area contributed by atoms with Gasteiger partial charge in [-0.15, -0.1) is 0 Å². The number of amides is 2. The van der Waals surface area contributed by atoms with Crippen LogP contribution in [0.15, 0.2) is 36.7 Å². The van der Waals surface area contributed by atoms with Crippen LogP contribution in [0.2, 0.25) is 5.02 Å². The van der Waals surface area contributed by atoms with Crippen LogP contribution in [0.4, 0.5) is 18.0 Å². The Morgan fingerprint density at radius 1 is 1.32 bits per heavy atom. The van der Waals surface area contributed by atoms with Crippen molar-refractivity contribution >= 4 is 17.6 Å². The lowest BCUT2D eigenvalue weighted by atomic mass is 9.97. The minimum atomic E-state index is -4.94. The highest BCUT2D eigenvalue weighted by Gasteiger charge is 2.57. The van der Waals surface area contributed by atoms with Gasteiger partial charge >= 0.3 is 12.2 Å². The number of benzene rings is 1. The van der Waals surface area contributed by atoms with Crippen molar-refractivity contribution in [2.24, 2.45) is 7.05 Å². The maximum atomic E-state index is 13.4. The van der Waals surface area contributed by atoms with E-state index in [4.69, 9.17) is 11.6 Å². The Balaban J connectivity index is 1.99. The molecule has 0 aliphatic rings. The number of alkyl halides is 3. The standard InChI is InChI=1S/C18H22ClF3N4O2/c1-3-14(12-4-6-13(19)7-5-12)25-16(27)24-9-8-17(28,18(20,21)22)15-23-10-11-26(15)2/h4-7,10-11,14,28H,3,8-9H2,1-2H3,(H2,24,25,27). The predicted molar refractivity (Wildman–Crippen MR) is 98.8 cm³/mol. The van der Waals surface area contributed by atoms with E-state index in [-0.39, 0.29) is 6.04 Å². The molecule has 0 aliphatic heterocycles. The van der Waals surface area contributed by atoms with Crippen LogP contribution in [0.1, 0.15) is 37.2 Å². The molecule has 10 heteroatoms. The summed E-state index contributed by atoms with van der Waals surface area (Å²) in [5.41, 5.74) is -2.35. The topological polar surface area (TPSA) is 79.2 Å². The minimum Gasteiger partial charge on any atom is -0.374 e. The first-order valence-corrected chi connectivity index (χ1v) is 9.03. The molecule has 2 amide bonds. The van der Waals surface area contributed by atoms with Crippen molar-refractivity contribution in [2.75, 3.05) is 6.54 Å². The zero-order valence-electron chi connectivity index (χ0n) is 15.4. The molecule has 0 aliphatic carbocycles. The molecule has 0 spiro atoms. The van der Waals surface area contributed by atoms with Crippen molar-refractivity contribution in [3.63, 3.8) is 0 Å². The summed E-state index contributed by atoms with van der Waals surface area (Å²) in [6.07, 6.45) is -2.66. The maximum absolute atomic E-state index is 13.4. The summed E-state index contributed by atoms with van der Waals surface area (Å²) in [6, 6.07) is 5.95. The molecular formula is C18H22ClF3N4O2. The van der Waals surface area contributed by atoms with Gasteiger partial charge in [0.05, 0.1) is 6.04 Å². The second-order valence-corrected chi connectivity index (χ2v) is 6.82. The fourth-order valence-electron chi connectivity index (χ4n) is 2.83. The van der Waals surface area contributed by atoms with Gasteiger partial charge in [0.25, 0.3) is 0 Å². The lowest BCUT2D eigenvalue weighted by Crippen LogP contribution is -2.47. The number of urea groups is 1. The Labute approximate surface area is 165 Å². The first-order valence-electron chi connectivity index (χ1n) is 8.65. The number of halogens is 4. The number of rotatable bonds is 7. The van der Waals surface area contributed by atoms with Crippen molar-refractivity contribution in [3.05, 3.63) is 53.1 Å². The molecule has 0 radical (unpaired) electrons. The average molecular weight is 419 g/mol. The molecule has 3 N–H and O–H groups in total. The second kappa shape index (κ2) is 8.83. The fraction of sp³-hybridized carbons (Fsp3) is 0.444. The van der Waals surface area contributed by atoms with Crippen LogP contribution in [-0.2, 0) is 12.6 Å². The Kier molecular flexibility index (Phi) is 6.95. The fourth-order valence-corrected chi connectivity index (χ4v) is 2.95. The highest BCUT2D eigenvalue weighted by atomic mass is 35.5. The van der Waals surface area contributed by atoms with Crippen LogP contribution in [0.5, 0.6) is 0 Å². The highest BCUT2D eigenvalue weighted by molar-refractivity contribution is 6.30. The van der Waals surface area contributed by atoms with Gasteiger partial charge in [0.1, 0.15) is 5.82 Å². The Bertz CT molecular complexity index is 795. The molecular weight excluding hydrogens is 397 g/mol. The van der Waals surface area contributed by atoms with E-state index in [1.54, 1.807) is 24.3 Å². The van der Waals surface area contributed by atoms with Crippen molar-refractivity contribution in [1.29, 1.82) is 0 Å². The number of aliphatic hydroxyl groups is 1. The van der Waals surface area contributed by atoms with Gasteiger partial charge < -0.3 is 20.3 Å². The van der Waals surface area contributed by atoms with Crippen LogP contribution in [0, 0.1) is 0 Å². The van der Waals surface area contributed by atoms with Crippen molar-refractivity contribution in [1.82, 2.24) is 20.2 Å². The lowest BCUT2D eigenvalue weighted by Gasteiger charge is -2.30. The van der Waals surface area contributed by atoms with E-state index in [0.717, 1.165) is 10.1 Å². The van der Waals surface area contributed by atoms with Gasteiger partial charge in [-0.3, -0.25) is 0 Å². The van der Waals surface area contributed by atoms with Crippen molar-refractivity contribution < 1.29 is 23.1 Å². The van der Waals surface area contributed by atoms with E-state index in [1.165, 1.54) is 19.4 Å². The van der Waals surface area contributed by atoms with Gasteiger partial charge in [-0.2, -0.15) is 13.2 Å². The van der Waals surface area contributed by atoms with E-state index in [0.29, 0.717) is 11.4 Å². The number of hydrogen-bond donors (Lipinski definition) is 3. The molecule has 28 heavy (non-hydrogen) atoms. The summed E-state index contributed by atoms with van der Waals surface area (Å²) >= 11 is 5.84. The highest BCUT2D eigenvalue weighted by Crippen LogP contribution is 2.40. The number of imidazole rings is 1. The van der Waals surface area contributed by atoms with Crippen LogP contribution in [-0.4, -0.2) is 33.4 Å². The summed E-state index contributed by atoms with van der Waals surface area (Å²) in [5, 5.41) is 15.9. The number of hydrogen-bond acceptors (Lipinski definition) is 3. The van der Waals surface area contributed by atoms with Crippen molar-refractivity contribution in [2.45, 2.75) is 37.6 Å². The molecule has 2 rings (SSSR count). The predicted octanol–water partition coefficient (Wildman–Crippen LogP) is 3.66. The number of aromatic nitrogens is 2. The van der Waals surface area contributed by atoms with Gasteiger partial charge in [-0.05, 0) is 24.1 Å². The van der Waals surface area contributed by atoms with Gasteiger partial charge in [0.2, 0.25) is 5.60 Å². The molecule has 1 aromatic carbocycles. The zero-order chi connectivity index (χ0) is 20.9. The Morgan fingerprint density at radius 3 is 2.46 bits per heavy atom. The zero-order valence-corrected chi connectivity index (χ0v) is 16.2. The molecule has 0 saturated heterocycles. The molecule has 0 saturated carbocycles. The van der Waals surface area contributed by atoms with E-state index in [2.05, 4.69) is 15.6 Å². The normalized spacial score (nSPS) is 15.0. The van der Waals surface area contributed by atoms with E-state index in [9.17, 15) is 23.1 Å². The minimum absolute atomic E-state index is 0.326. The third-order valence-electron chi connectivity index (χ3n) is 4.42. The Morgan fingerprint density at radius 2 is 1.96 bits per heavy atom. The van der Waals surface area contributed by atoms with E-state index < -0.39 is 36.6 Å². The third kappa shape index (κ3) is 4.96. The number of carbonyl (C=O) groups excluding carboxylic acids is 1. The first-order chi connectivity index (χ1) is 13.1. The SMILES string of the molecule is CCC(NC(=O)NCCC(O)(c1nccn1C)C(F)(F)F)c1ccc(Cl)cc1. The Hall–Kier alpha value is -2.26. The van der Waals surface area contributed by atoms with Gasteiger partial charge in [0, 0.05) is 37.4 Å². The smallest absolute Gasteiger partial charge is 0.374 e. The molecule has 154 valence electrons. The number of aryl methyl sites for hydroxylation is 1. The van der Waals surface area contributed by atoms with Gasteiger partial charge in [0.15, 0.2) is 0 Å². The number of nitrogens with zero attached hydrogens (tertiary/aromatic N) is 2. The van der Waals surface area contributed by atoms with Gasteiger partial charge in [-0.1, -0.05) is 30.7 Å². The third-order valence-corrected chi connectivity index (χ3v) is 4.67. The first kappa shape index (κ1) is 22.0. The molecule has 2 aromatic rings. The molecule has 0 bridgehead atoms. The van der Waals surface area contributed by atoms with Crippen LogP contribution < -0.4 is 10.6 Å². The van der Waals surface area contributed by atoms with E-state index in [1.807, 2.05) is 6.92 Å². The van der Waals surface area contributed by atoms with Crippen LogP contribution in [0.25, 0.3) is 0 Å². The largest absolute Gasteiger partial charge is 0.424 e. The summed E-state index contributed by atoms with van der Waals surface area (Å²) in [4.78, 5) is 15.7. The molecule has 0 fully saturated rings. The average Bonchev–Trinajstić information content (AvgIpc) is 3.06. The molecule has 2 atom stereocenters. The van der Waals surface area contributed by atoms with Crippen LogP contribution >= 0.6 is 11.6 Å². The summed E-state index contributed by atoms with van der Waals surface area (Å²) < 4.78 is 41.4. The maximum Gasteiger partial charge on any atom is 0.424 e. The quantitative estimate of drug-likeness (QED) is 0.642. The van der Waals surface area contributed by atoms with Crippen molar-refractivity contribution in [3.8, 4) is 0 Å². The summed E-state index contributed by atoms with van der Waals surface area (Å²) in [6.45, 7) is 1.47. The number of nitrogens with one attached hydrogen (secondary N) is 2. The second-order valence-electron chi connectivity index (χ2n) is 6.38. The van der Waals surface area contributed by atoms with Crippen LogP contribution in [0.3, 0.4) is 0 Å². The van der Waals surface area contributed by atoms with E-state index >= 15 is 0 Å². The monoisotopic (exact) mass is 418 g/mol. The molecule has 1 aromatic heterocycles. The summed E-state index contributed by atoms with van der Waals surface area (Å²) in [5.74, 6) is -0.533. The molecule has 2 unspecified atom stereocenters. The number of carbonyl (C=O) groups is 1. The van der Waals surface area contributed by atoms with Gasteiger partial charge in [-0.25, -0.2) is 9.78 Å². The molecule has 1 heterocycles. The molecule has 6 nitrogen and oxygen atoms in total.